The Morgan fingerprint density at radius 3 is 2.63 bits per heavy atom. The minimum Gasteiger partial charge on any atom is -0.403 e. The summed E-state index contributed by atoms with van der Waals surface area (Å²) in [5, 5.41) is 10.2. The largest absolute Gasteiger partial charge is 0.403 e. The molecule has 0 spiro atoms. The molecule has 30 heavy (non-hydrogen) atoms. The number of amides is 2. The molecule has 1 atom stereocenters. The van der Waals surface area contributed by atoms with Crippen LogP contribution in [0.15, 0.2) is 63.9 Å². The standard InChI is InChI=1S/C20H18N4O5S/c1-30(27,28)16-9-5-6-13(10-16)19-22-23-20(29-19)21-18(26)14-11-17(25)24(12-14)15-7-3-2-4-8-15/h2-10,14H,11-12H2,1H3,(H,21,23,26). The monoisotopic (exact) mass is 426 g/mol. The zero-order valence-corrected chi connectivity index (χ0v) is 16.8. The Labute approximate surface area is 172 Å². The lowest BCUT2D eigenvalue weighted by atomic mass is 10.1. The smallest absolute Gasteiger partial charge is 0.322 e. The van der Waals surface area contributed by atoms with Crippen molar-refractivity contribution >= 4 is 33.4 Å². The van der Waals surface area contributed by atoms with Crippen LogP contribution < -0.4 is 10.2 Å². The summed E-state index contributed by atoms with van der Waals surface area (Å²) < 4.78 is 28.9. The molecule has 4 rings (SSSR count). The zero-order chi connectivity index (χ0) is 21.3. The number of rotatable bonds is 5. The summed E-state index contributed by atoms with van der Waals surface area (Å²) in [6.45, 7) is 0.256. The van der Waals surface area contributed by atoms with Gasteiger partial charge in [-0.15, -0.1) is 5.10 Å². The number of nitrogens with one attached hydrogen (secondary N) is 1. The van der Waals surface area contributed by atoms with E-state index in [4.69, 9.17) is 4.42 Å². The first-order valence-electron chi connectivity index (χ1n) is 9.11. The molecule has 0 bridgehead atoms. The highest BCUT2D eigenvalue weighted by atomic mass is 32.2. The van der Waals surface area contributed by atoms with Gasteiger partial charge >= 0.3 is 6.01 Å². The fourth-order valence-electron chi connectivity index (χ4n) is 3.20. The van der Waals surface area contributed by atoms with Crippen molar-refractivity contribution in [1.82, 2.24) is 10.2 Å². The fraction of sp³-hybridized carbons (Fsp3) is 0.200. The van der Waals surface area contributed by atoms with E-state index in [0.717, 1.165) is 11.9 Å². The first kappa shape index (κ1) is 19.8. The second-order valence-corrected chi connectivity index (χ2v) is 8.96. The van der Waals surface area contributed by atoms with Gasteiger partial charge in [0.15, 0.2) is 9.84 Å². The third-order valence-electron chi connectivity index (χ3n) is 4.73. The molecule has 0 aliphatic carbocycles. The predicted octanol–water partition coefficient (Wildman–Crippen LogP) is 2.13. The third kappa shape index (κ3) is 4.08. The van der Waals surface area contributed by atoms with Crippen molar-refractivity contribution in [2.24, 2.45) is 5.92 Å². The molecule has 1 N–H and O–H groups in total. The molecule has 1 saturated heterocycles. The van der Waals surface area contributed by atoms with Gasteiger partial charge in [0.05, 0.1) is 10.8 Å². The van der Waals surface area contributed by atoms with Crippen LogP contribution in [0.3, 0.4) is 0 Å². The average molecular weight is 426 g/mol. The van der Waals surface area contributed by atoms with E-state index in [1.807, 2.05) is 30.3 Å². The van der Waals surface area contributed by atoms with Crippen molar-refractivity contribution in [3.63, 3.8) is 0 Å². The molecule has 9 nitrogen and oxygen atoms in total. The lowest BCUT2D eigenvalue weighted by Crippen LogP contribution is -2.28. The highest BCUT2D eigenvalue weighted by Gasteiger charge is 2.35. The Bertz CT molecular complexity index is 1210. The molecule has 2 heterocycles. The molecule has 1 aromatic heterocycles. The van der Waals surface area contributed by atoms with E-state index in [0.29, 0.717) is 5.56 Å². The van der Waals surface area contributed by atoms with Crippen LogP contribution >= 0.6 is 0 Å². The normalized spacial score (nSPS) is 16.6. The van der Waals surface area contributed by atoms with E-state index < -0.39 is 21.7 Å². The predicted molar refractivity (Wildman–Crippen MR) is 108 cm³/mol. The van der Waals surface area contributed by atoms with Crippen LogP contribution in [0.2, 0.25) is 0 Å². The van der Waals surface area contributed by atoms with Gasteiger partial charge in [0.1, 0.15) is 0 Å². The lowest BCUT2D eigenvalue weighted by Gasteiger charge is -2.16. The highest BCUT2D eigenvalue weighted by Crippen LogP contribution is 2.27. The quantitative estimate of drug-likeness (QED) is 0.663. The number of hydrogen-bond donors (Lipinski definition) is 1. The summed E-state index contributed by atoms with van der Waals surface area (Å²) in [4.78, 5) is 26.6. The number of hydrogen-bond acceptors (Lipinski definition) is 7. The van der Waals surface area contributed by atoms with Gasteiger partial charge in [-0.05, 0) is 30.3 Å². The molecule has 1 aliphatic heterocycles. The molecule has 154 valence electrons. The maximum absolute atomic E-state index is 12.6. The minimum atomic E-state index is -3.39. The Kier molecular flexibility index (Phi) is 5.08. The molecule has 0 radical (unpaired) electrons. The first-order chi connectivity index (χ1) is 14.3. The van der Waals surface area contributed by atoms with Gasteiger partial charge in [-0.2, -0.15) is 0 Å². The molecule has 1 aliphatic rings. The molecule has 1 fully saturated rings. The van der Waals surface area contributed by atoms with Gasteiger partial charge in [-0.1, -0.05) is 29.4 Å². The van der Waals surface area contributed by atoms with Gasteiger partial charge in [-0.3, -0.25) is 14.9 Å². The van der Waals surface area contributed by atoms with E-state index in [-0.39, 0.29) is 35.7 Å². The third-order valence-corrected chi connectivity index (χ3v) is 5.84. The number of carbonyl (C=O) groups excluding carboxylic acids is 2. The Hall–Kier alpha value is -3.53. The van der Waals surface area contributed by atoms with Crippen molar-refractivity contribution in [2.75, 3.05) is 23.0 Å². The number of aromatic nitrogens is 2. The van der Waals surface area contributed by atoms with Crippen molar-refractivity contribution in [1.29, 1.82) is 0 Å². The van der Waals surface area contributed by atoms with Crippen LogP contribution in [0.1, 0.15) is 6.42 Å². The highest BCUT2D eigenvalue weighted by molar-refractivity contribution is 7.90. The Morgan fingerprint density at radius 1 is 1.13 bits per heavy atom. The molecule has 10 heteroatoms. The number of para-hydroxylation sites is 1. The summed E-state index contributed by atoms with van der Waals surface area (Å²) in [6, 6.07) is 15.1. The Balaban J connectivity index is 1.46. The maximum atomic E-state index is 12.6. The summed E-state index contributed by atoms with van der Waals surface area (Å²) in [6.07, 6.45) is 1.19. The first-order valence-corrected chi connectivity index (χ1v) is 11.0. The van der Waals surface area contributed by atoms with Crippen LogP contribution in [0.5, 0.6) is 0 Å². The van der Waals surface area contributed by atoms with E-state index >= 15 is 0 Å². The van der Waals surface area contributed by atoms with Crippen LogP contribution in [-0.4, -0.2) is 43.2 Å². The topological polar surface area (TPSA) is 122 Å². The maximum Gasteiger partial charge on any atom is 0.322 e. The van der Waals surface area contributed by atoms with E-state index in [2.05, 4.69) is 15.5 Å². The molecule has 1 unspecified atom stereocenters. The van der Waals surface area contributed by atoms with Crippen LogP contribution in [0.4, 0.5) is 11.7 Å². The van der Waals surface area contributed by atoms with Crippen molar-refractivity contribution in [2.45, 2.75) is 11.3 Å². The summed E-state index contributed by atoms with van der Waals surface area (Å²) in [5.41, 5.74) is 1.15. The minimum absolute atomic E-state index is 0.0733. The van der Waals surface area contributed by atoms with Gasteiger partial charge in [0, 0.05) is 30.5 Å². The van der Waals surface area contributed by atoms with Crippen molar-refractivity contribution in [3.05, 3.63) is 54.6 Å². The summed E-state index contributed by atoms with van der Waals surface area (Å²) >= 11 is 0. The second kappa shape index (κ2) is 7.71. The number of anilines is 2. The zero-order valence-electron chi connectivity index (χ0n) is 16.0. The SMILES string of the molecule is CS(=O)(=O)c1cccc(-c2nnc(NC(=O)C3CC(=O)N(c4ccccc4)C3)o2)c1. The molecular weight excluding hydrogens is 408 g/mol. The number of nitrogens with zero attached hydrogens (tertiary/aromatic N) is 3. The lowest BCUT2D eigenvalue weighted by molar-refractivity contribution is -0.122. The molecule has 2 aromatic carbocycles. The van der Waals surface area contributed by atoms with Crippen LogP contribution in [-0.2, 0) is 19.4 Å². The van der Waals surface area contributed by atoms with Gasteiger partial charge in [-0.25, -0.2) is 8.42 Å². The number of benzene rings is 2. The van der Waals surface area contributed by atoms with E-state index in [1.165, 1.54) is 12.1 Å². The summed E-state index contributed by atoms with van der Waals surface area (Å²) in [7, 11) is -3.39. The van der Waals surface area contributed by atoms with E-state index in [1.54, 1.807) is 17.0 Å². The van der Waals surface area contributed by atoms with E-state index in [9.17, 15) is 18.0 Å². The van der Waals surface area contributed by atoms with Crippen LogP contribution in [0.25, 0.3) is 11.5 Å². The van der Waals surface area contributed by atoms with Crippen molar-refractivity contribution in [3.8, 4) is 11.5 Å². The molecular formula is C20H18N4O5S. The number of carbonyl (C=O) groups is 2. The molecule has 2 amide bonds. The average Bonchev–Trinajstić information content (AvgIpc) is 3.35. The van der Waals surface area contributed by atoms with Gasteiger partial charge in [0.2, 0.25) is 17.7 Å². The number of sulfone groups is 1. The van der Waals surface area contributed by atoms with Crippen molar-refractivity contribution < 1.29 is 22.4 Å². The van der Waals surface area contributed by atoms with Gasteiger partial charge < -0.3 is 9.32 Å². The summed E-state index contributed by atoms with van der Waals surface area (Å²) in [5.74, 6) is -1.02. The second-order valence-electron chi connectivity index (χ2n) is 6.94. The molecule has 3 aromatic rings. The van der Waals surface area contributed by atoms with Crippen LogP contribution in [0, 0.1) is 5.92 Å². The van der Waals surface area contributed by atoms with Gasteiger partial charge in [0.25, 0.3) is 0 Å². The fourth-order valence-corrected chi connectivity index (χ4v) is 3.87. The Morgan fingerprint density at radius 2 is 1.90 bits per heavy atom. The molecule has 0 saturated carbocycles.